The number of carbonyl (C=O) groups is 2. The highest BCUT2D eigenvalue weighted by atomic mass is 32.1. The molecule has 0 atom stereocenters. The minimum absolute atomic E-state index is 0.135. The van der Waals surface area contributed by atoms with Crippen LogP contribution in [0.1, 0.15) is 33.1 Å². The van der Waals surface area contributed by atoms with Crippen LogP contribution < -0.4 is 5.32 Å². The van der Waals surface area contributed by atoms with Gasteiger partial charge in [0, 0.05) is 12.0 Å². The van der Waals surface area contributed by atoms with Crippen molar-refractivity contribution in [1.29, 1.82) is 0 Å². The summed E-state index contributed by atoms with van der Waals surface area (Å²) >= 11 is 1.08. The maximum atomic E-state index is 11.9. The third-order valence-corrected chi connectivity index (χ3v) is 3.82. The summed E-state index contributed by atoms with van der Waals surface area (Å²) in [6.45, 7) is 3.62. The zero-order chi connectivity index (χ0) is 14.7. The summed E-state index contributed by atoms with van der Waals surface area (Å²) in [5.41, 5.74) is 2.03. The number of carboxylic acids is 1. The van der Waals surface area contributed by atoms with Gasteiger partial charge in [-0.1, -0.05) is 5.16 Å². The first-order valence-corrected chi connectivity index (χ1v) is 6.89. The summed E-state index contributed by atoms with van der Waals surface area (Å²) in [6.07, 6.45) is 0.761. The lowest BCUT2D eigenvalue weighted by Gasteiger charge is -2.04. The second-order valence-electron chi connectivity index (χ2n) is 4.32. The number of hydrogen-bond donors (Lipinski definition) is 2. The molecule has 2 aromatic heterocycles. The molecule has 2 aromatic rings. The van der Waals surface area contributed by atoms with Crippen molar-refractivity contribution >= 4 is 28.9 Å². The summed E-state index contributed by atoms with van der Waals surface area (Å²) in [6, 6.07) is 1.59. The van der Waals surface area contributed by atoms with Crippen molar-refractivity contribution in [3.05, 3.63) is 33.3 Å². The van der Waals surface area contributed by atoms with E-state index in [1.165, 1.54) is 0 Å². The Hall–Kier alpha value is -2.15. The highest BCUT2D eigenvalue weighted by Crippen LogP contribution is 2.22. The van der Waals surface area contributed by atoms with Gasteiger partial charge in [0.25, 0.3) is 0 Å². The third kappa shape index (κ3) is 3.05. The van der Waals surface area contributed by atoms with Crippen LogP contribution in [0, 0.1) is 13.8 Å². The van der Waals surface area contributed by atoms with Crippen molar-refractivity contribution < 1.29 is 19.2 Å². The van der Waals surface area contributed by atoms with Gasteiger partial charge in [0.1, 0.15) is 10.6 Å². The standard InChI is InChI=1S/C13H14N2O4S/c1-7-9(8(2)19-15-7)3-4-11(16)14-10-5-6-20-12(10)13(17)18/h5-6H,3-4H2,1-2H3,(H,14,16)(H,17,18). The van der Waals surface area contributed by atoms with Crippen LogP contribution in [0.25, 0.3) is 0 Å². The Bertz CT molecular complexity index is 625. The lowest BCUT2D eigenvalue weighted by atomic mass is 10.1. The van der Waals surface area contributed by atoms with Crippen molar-refractivity contribution in [1.82, 2.24) is 5.16 Å². The van der Waals surface area contributed by atoms with Crippen molar-refractivity contribution in [3.63, 3.8) is 0 Å². The highest BCUT2D eigenvalue weighted by molar-refractivity contribution is 7.12. The number of aryl methyl sites for hydroxylation is 2. The molecule has 0 saturated heterocycles. The predicted octanol–water partition coefficient (Wildman–Crippen LogP) is 2.62. The molecule has 106 valence electrons. The SMILES string of the molecule is Cc1noc(C)c1CCC(=O)Nc1ccsc1C(=O)O. The van der Waals surface area contributed by atoms with E-state index in [2.05, 4.69) is 10.5 Å². The lowest BCUT2D eigenvalue weighted by Crippen LogP contribution is -2.14. The number of thiophene rings is 1. The third-order valence-electron chi connectivity index (χ3n) is 2.92. The smallest absolute Gasteiger partial charge is 0.348 e. The topological polar surface area (TPSA) is 92.4 Å². The van der Waals surface area contributed by atoms with Crippen LogP contribution in [0.4, 0.5) is 5.69 Å². The van der Waals surface area contributed by atoms with E-state index in [0.717, 1.165) is 22.6 Å². The van der Waals surface area contributed by atoms with E-state index in [1.54, 1.807) is 18.4 Å². The van der Waals surface area contributed by atoms with E-state index in [1.807, 2.05) is 6.92 Å². The molecule has 0 aliphatic carbocycles. The molecular formula is C13H14N2O4S. The van der Waals surface area contributed by atoms with Gasteiger partial charge in [-0.25, -0.2) is 4.79 Å². The fourth-order valence-electron chi connectivity index (χ4n) is 1.88. The summed E-state index contributed by atoms with van der Waals surface area (Å²) in [5, 5.41) is 17.0. The van der Waals surface area contributed by atoms with Crippen molar-refractivity contribution in [2.45, 2.75) is 26.7 Å². The number of aromatic nitrogens is 1. The molecule has 20 heavy (non-hydrogen) atoms. The molecule has 0 aliphatic rings. The van der Waals surface area contributed by atoms with Gasteiger partial charge in [0.05, 0.1) is 11.4 Å². The average Bonchev–Trinajstić information content (AvgIpc) is 2.95. The minimum atomic E-state index is -1.04. The zero-order valence-electron chi connectivity index (χ0n) is 11.1. The number of aromatic carboxylic acids is 1. The fraction of sp³-hybridized carbons (Fsp3) is 0.308. The maximum Gasteiger partial charge on any atom is 0.348 e. The Balaban J connectivity index is 1.96. The van der Waals surface area contributed by atoms with E-state index >= 15 is 0 Å². The predicted molar refractivity (Wildman–Crippen MR) is 74.2 cm³/mol. The van der Waals surface area contributed by atoms with Crippen LogP contribution in [0.2, 0.25) is 0 Å². The van der Waals surface area contributed by atoms with Crippen molar-refractivity contribution in [2.75, 3.05) is 5.32 Å². The zero-order valence-corrected chi connectivity index (χ0v) is 11.9. The van der Waals surface area contributed by atoms with E-state index in [-0.39, 0.29) is 17.2 Å². The summed E-state index contributed by atoms with van der Waals surface area (Å²) in [4.78, 5) is 22.9. The molecule has 1 amide bonds. The second-order valence-corrected chi connectivity index (χ2v) is 5.24. The van der Waals surface area contributed by atoms with Gasteiger partial charge < -0.3 is 14.9 Å². The molecule has 0 spiro atoms. The number of rotatable bonds is 5. The van der Waals surface area contributed by atoms with Crippen LogP contribution in [0.5, 0.6) is 0 Å². The maximum absolute atomic E-state index is 11.9. The first kappa shape index (κ1) is 14.3. The van der Waals surface area contributed by atoms with Crippen molar-refractivity contribution in [3.8, 4) is 0 Å². The van der Waals surface area contributed by atoms with E-state index in [9.17, 15) is 9.59 Å². The molecule has 2 N–H and O–H groups in total. The van der Waals surface area contributed by atoms with Gasteiger partial charge >= 0.3 is 5.97 Å². The monoisotopic (exact) mass is 294 g/mol. The Kier molecular flexibility index (Phi) is 4.19. The van der Waals surface area contributed by atoms with Gasteiger partial charge in [0.2, 0.25) is 5.91 Å². The summed E-state index contributed by atoms with van der Waals surface area (Å²) < 4.78 is 5.03. The number of nitrogens with one attached hydrogen (secondary N) is 1. The molecule has 6 nitrogen and oxygen atoms in total. The molecule has 0 bridgehead atoms. The van der Waals surface area contributed by atoms with Crippen LogP contribution in [0.15, 0.2) is 16.0 Å². The van der Waals surface area contributed by atoms with E-state index in [4.69, 9.17) is 9.63 Å². The Morgan fingerprint density at radius 1 is 1.45 bits per heavy atom. The number of carboxylic acid groups (broad SMARTS) is 1. The molecule has 0 unspecified atom stereocenters. The number of nitrogens with zero attached hydrogens (tertiary/aromatic N) is 1. The molecule has 7 heteroatoms. The Morgan fingerprint density at radius 3 is 2.80 bits per heavy atom. The minimum Gasteiger partial charge on any atom is -0.477 e. The molecule has 2 heterocycles. The number of amides is 1. The second kappa shape index (κ2) is 5.87. The first-order chi connectivity index (χ1) is 9.49. The van der Waals surface area contributed by atoms with Crippen LogP contribution in [-0.2, 0) is 11.2 Å². The van der Waals surface area contributed by atoms with E-state index < -0.39 is 5.97 Å². The normalized spacial score (nSPS) is 10.5. The lowest BCUT2D eigenvalue weighted by molar-refractivity contribution is -0.116. The summed E-state index contributed by atoms with van der Waals surface area (Å²) in [5.74, 6) is -0.566. The van der Waals surface area contributed by atoms with Gasteiger partial charge in [-0.05, 0) is 31.7 Å². The molecule has 2 rings (SSSR count). The Labute approximate surface area is 119 Å². The van der Waals surface area contributed by atoms with Crippen molar-refractivity contribution in [2.24, 2.45) is 0 Å². The van der Waals surface area contributed by atoms with E-state index in [0.29, 0.717) is 17.9 Å². The highest BCUT2D eigenvalue weighted by Gasteiger charge is 2.15. The Morgan fingerprint density at radius 2 is 2.20 bits per heavy atom. The quantitative estimate of drug-likeness (QED) is 0.884. The molecule has 0 radical (unpaired) electrons. The largest absolute Gasteiger partial charge is 0.477 e. The number of anilines is 1. The van der Waals surface area contributed by atoms with Crippen LogP contribution in [-0.4, -0.2) is 22.1 Å². The van der Waals surface area contributed by atoms with Crippen LogP contribution in [0.3, 0.4) is 0 Å². The fourth-order valence-corrected chi connectivity index (χ4v) is 2.57. The average molecular weight is 294 g/mol. The summed E-state index contributed by atoms with van der Waals surface area (Å²) in [7, 11) is 0. The molecule has 0 fully saturated rings. The van der Waals surface area contributed by atoms with Gasteiger partial charge in [-0.15, -0.1) is 11.3 Å². The van der Waals surface area contributed by atoms with Gasteiger partial charge in [-0.2, -0.15) is 0 Å². The number of carbonyl (C=O) groups excluding carboxylic acids is 1. The van der Waals surface area contributed by atoms with Gasteiger partial charge in [0.15, 0.2) is 0 Å². The first-order valence-electron chi connectivity index (χ1n) is 6.01. The molecule has 0 aliphatic heterocycles. The molecule has 0 saturated carbocycles. The number of hydrogen-bond acceptors (Lipinski definition) is 5. The van der Waals surface area contributed by atoms with Crippen LogP contribution >= 0.6 is 11.3 Å². The van der Waals surface area contributed by atoms with Gasteiger partial charge in [-0.3, -0.25) is 4.79 Å². The molecule has 0 aromatic carbocycles. The molecular weight excluding hydrogens is 280 g/mol.